The molecule has 1 aromatic rings. The van der Waals surface area contributed by atoms with E-state index in [1.165, 1.54) is 18.3 Å². The van der Waals surface area contributed by atoms with Crippen LogP contribution in [0.15, 0.2) is 28.4 Å². The molecular formula is C8H7NO3S. The Morgan fingerprint density at radius 1 is 1.62 bits per heavy atom. The maximum absolute atomic E-state index is 10.8. The molecule has 68 valence electrons. The topological polar surface area (TPSA) is 66.7 Å². The fourth-order valence-electron chi connectivity index (χ4n) is 0.804. The second kappa shape index (κ2) is 3.95. The quantitative estimate of drug-likeness (QED) is 0.459. The van der Waals surface area contributed by atoms with Crippen molar-refractivity contribution < 1.29 is 9.90 Å². The maximum atomic E-state index is 10.8. The zero-order valence-electron chi connectivity index (χ0n) is 6.85. The number of Topliss-reactive ketones (excluding diaryl/α,β-unsaturated/α-hetero) is 1. The maximum Gasteiger partial charge on any atom is 0.193 e. The molecule has 0 bridgehead atoms. The number of hydrogen-bond acceptors (Lipinski definition) is 5. The van der Waals surface area contributed by atoms with Gasteiger partial charge in [0.25, 0.3) is 0 Å². The smallest absolute Gasteiger partial charge is 0.193 e. The first kappa shape index (κ1) is 9.60. The molecule has 0 saturated heterocycles. The molecule has 0 amide bonds. The number of aliphatic hydroxyl groups is 1. The second-order valence-corrected chi connectivity index (χ2v) is 3.27. The minimum absolute atomic E-state index is 0.350. The molecule has 0 aliphatic rings. The van der Waals surface area contributed by atoms with Crippen molar-refractivity contribution in [3.63, 3.8) is 0 Å². The van der Waals surface area contributed by atoms with Crippen molar-refractivity contribution >= 4 is 22.9 Å². The summed E-state index contributed by atoms with van der Waals surface area (Å²) in [6.45, 7) is 1.18. The van der Waals surface area contributed by atoms with Crippen molar-refractivity contribution in [2.45, 2.75) is 6.92 Å². The van der Waals surface area contributed by atoms with E-state index < -0.39 is 11.5 Å². The van der Waals surface area contributed by atoms with Crippen LogP contribution in [0.25, 0.3) is 5.76 Å². The highest BCUT2D eigenvalue weighted by molar-refractivity contribution is 7.11. The zero-order chi connectivity index (χ0) is 9.84. The van der Waals surface area contributed by atoms with Gasteiger partial charge < -0.3 is 5.11 Å². The third kappa shape index (κ3) is 2.00. The molecule has 0 aliphatic carbocycles. The molecule has 1 heterocycles. The van der Waals surface area contributed by atoms with Crippen LogP contribution in [0.4, 0.5) is 0 Å². The lowest BCUT2D eigenvalue weighted by molar-refractivity contribution is -0.113. The highest BCUT2D eigenvalue weighted by atomic mass is 32.1. The number of hydrogen-bond donors (Lipinski definition) is 1. The molecule has 13 heavy (non-hydrogen) atoms. The van der Waals surface area contributed by atoms with Gasteiger partial charge in [-0.25, -0.2) is 0 Å². The molecule has 0 saturated carbocycles. The summed E-state index contributed by atoms with van der Waals surface area (Å²) in [5.41, 5.74) is -0.428. The van der Waals surface area contributed by atoms with Gasteiger partial charge in [0.05, 0.1) is 4.88 Å². The predicted octanol–water partition coefficient (Wildman–Crippen LogP) is 2.33. The molecule has 4 nitrogen and oxygen atoms in total. The highest BCUT2D eigenvalue weighted by Crippen LogP contribution is 2.21. The Hall–Kier alpha value is -1.49. The van der Waals surface area contributed by atoms with Gasteiger partial charge in [-0.3, -0.25) is 4.79 Å². The van der Waals surface area contributed by atoms with E-state index in [1.54, 1.807) is 17.5 Å². The summed E-state index contributed by atoms with van der Waals surface area (Å²) in [6.07, 6.45) is 0. The first-order chi connectivity index (χ1) is 6.16. The van der Waals surface area contributed by atoms with Crippen molar-refractivity contribution in [2.75, 3.05) is 0 Å². The second-order valence-electron chi connectivity index (χ2n) is 2.32. The first-order valence-electron chi connectivity index (χ1n) is 3.48. The highest BCUT2D eigenvalue weighted by Gasteiger charge is 2.13. The number of nitroso groups, excluding NO2 is 1. The van der Waals surface area contributed by atoms with Crippen LogP contribution in [0.5, 0.6) is 0 Å². The number of nitrogens with zero attached hydrogens (tertiary/aromatic N) is 1. The van der Waals surface area contributed by atoms with Crippen LogP contribution < -0.4 is 0 Å². The lowest BCUT2D eigenvalue weighted by Gasteiger charge is -1.96. The SMILES string of the molecule is CC(=O)C(N=O)=C(O)c1cccs1. The molecule has 0 unspecified atom stereocenters. The van der Waals surface area contributed by atoms with Crippen LogP contribution in [0, 0.1) is 4.91 Å². The summed E-state index contributed by atoms with van der Waals surface area (Å²) in [5.74, 6) is -0.890. The lowest BCUT2D eigenvalue weighted by Crippen LogP contribution is -1.96. The molecule has 0 aromatic carbocycles. The van der Waals surface area contributed by atoms with E-state index in [1.807, 2.05) is 0 Å². The Bertz CT molecular complexity index is 353. The summed E-state index contributed by atoms with van der Waals surface area (Å²) in [5, 5.41) is 13.6. The van der Waals surface area contributed by atoms with Crippen LogP contribution in [0.2, 0.25) is 0 Å². The minimum Gasteiger partial charge on any atom is -0.504 e. The molecule has 0 fully saturated rings. The number of carbonyl (C=O) groups is 1. The molecule has 1 N–H and O–H groups in total. The van der Waals surface area contributed by atoms with Crippen LogP contribution in [-0.2, 0) is 4.79 Å². The molecule has 5 heteroatoms. The van der Waals surface area contributed by atoms with Gasteiger partial charge in [-0.15, -0.1) is 16.2 Å². The van der Waals surface area contributed by atoms with Crippen LogP contribution >= 0.6 is 11.3 Å². The van der Waals surface area contributed by atoms with Crippen molar-refractivity contribution in [1.82, 2.24) is 0 Å². The van der Waals surface area contributed by atoms with E-state index in [0.29, 0.717) is 4.88 Å². The minimum atomic E-state index is -0.541. The Morgan fingerprint density at radius 2 is 2.31 bits per heavy atom. The van der Waals surface area contributed by atoms with Crippen molar-refractivity contribution in [3.05, 3.63) is 33.0 Å². The molecule has 1 aromatic heterocycles. The molecule has 0 aliphatic heterocycles. The van der Waals surface area contributed by atoms with Gasteiger partial charge in [0.2, 0.25) is 0 Å². The summed E-state index contributed by atoms with van der Waals surface area (Å²) < 4.78 is 0. The third-order valence-electron chi connectivity index (χ3n) is 1.40. The van der Waals surface area contributed by atoms with E-state index in [9.17, 15) is 14.8 Å². The summed E-state index contributed by atoms with van der Waals surface area (Å²) in [6, 6.07) is 3.31. The number of rotatable bonds is 3. The lowest BCUT2D eigenvalue weighted by atomic mass is 10.2. The fraction of sp³-hybridized carbons (Fsp3) is 0.125. The molecule has 0 spiro atoms. The van der Waals surface area contributed by atoms with Gasteiger partial charge >= 0.3 is 0 Å². The summed E-state index contributed by atoms with van der Waals surface area (Å²) >= 11 is 1.23. The van der Waals surface area contributed by atoms with Gasteiger partial charge in [0.1, 0.15) is 0 Å². The largest absolute Gasteiger partial charge is 0.504 e. The van der Waals surface area contributed by atoms with Gasteiger partial charge in [-0.05, 0) is 16.6 Å². The zero-order valence-corrected chi connectivity index (χ0v) is 7.67. The predicted molar refractivity (Wildman–Crippen MR) is 50.3 cm³/mol. The summed E-state index contributed by atoms with van der Waals surface area (Å²) in [7, 11) is 0. The number of thiophene rings is 1. The summed E-state index contributed by atoms with van der Waals surface area (Å²) in [4.78, 5) is 21.5. The fourth-order valence-corrected chi connectivity index (χ4v) is 1.47. The standard InChI is InChI=1S/C8H7NO3S/c1-5(10)7(9-12)8(11)6-3-2-4-13-6/h2-4,11H,1H3. The van der Waals surface area contributed by atoms with Crippen LogP contribution in [0.3, 0.4) is 0 Å². The molecule has 0 radical (unpaired) electrons. The van der Waals surface area contributed by atoms with Crippen LogP contribution in [0.1, 0.15) is 11.8 Å². The Balaban J connectivity index is 3.16. The Labute approximate surface area is 78.5 Å². The van der Waals surface area contributed by atoms with Gasteiger partial charge in [0.15, 0.2) is 17.2 Å². The monoisotopic (exact) mass is 197 g/mol. The van der Waals surface area contributed by atoms with Gasteiger partial charge in [-0.2, -0.15) is 0 Å². The Kier molecular flexibility index (Phi) is 2.92. The van der Waals surface area contributed by atoms with E-state index in [4.69, 9.17) is 0 Å². The Morgan fingerprint density at radius 3 is 2.69 bits per heavy atom. The number of ketones is 1. The average Bonchev–Trinajstić information content (AvgIpc) is 2.56. The normalized spacial score (nSPS) is 12.1. The van der Waals surface area contributed by atoms with E-state index in [0.717, 1.165) is 0 Å². The number of aliphatic hydroxyl groups excluding tert-OH is 1. The first-order valence-corrected chi connectivity index (χ1v) is 4.36. The van der Waals surface area contributed by atoms with Gasteiger partial charge in [-0.1, -0.05) is 6.07 Å². The molecular weight excluding hydrogens is 190 g/mol. The molecule has 1 rings (SSSR count). The van der Waals surface area contributed by atoms with Crippen LogP contribution in [-0.4, -0.2) is 10.9 Å². The average molecular weight is 197 g/mol. The van der Waals surface area contributed by atoms with Crippen molar-refractivity contribution in [3.8, 4) is 0 Å². The van der Waals surface area contributed by atoms with Crippen molar-refractivity contribution in [2.24, 2.45) is 5.18 Å². The molecule has 0 atom stereocenters. The van der Waals surface area contributed by atoms with Crippen molar-refractivity contribution in [1.29, 1.82) is 0 Å². The van der Waals surface area contributed by atoms with Gasteiger partial charge in [0, 0.05) is 6.92 Å². The third-order valence-corrected chi connectivity index (χ3v) is 2.28. The van der Waals surface area contributed by atoms with E-state index in [2.05, 4.69) is 5.18 Å². The number of carbonyl (C=O) groups excluding carboxylic acids is 1. The van der Waals surface area contributed by atoms with E-state index >= 15 is 0 Å². The van der Waals surface area contributed by atoms with E-state index in [-0.39, 0.29) is 5.76 Å². The number of allylic oxidation sites excluding steroid dienone is 1.